The molecule has 1 atom stereocenters. The molecule has 1 aromatic heterocycles. The fourth-order valence-corrected chi connectivity index (χ4v) is 2.52. The van der Waals surface area contributed by atoms with Gasteiger partial charge < -0.3 is 14.2 Å². The molecule has 0 saturated heterocycles. The SMILES string of the molecule is CCOC(=O)C1(C(=O)OCC)Cc2cnnn2C(OC)C1. The zero-order chi connectivity index (χ0) is 15.5. The second kappa shape index (κ2) is 6.21. The maximum absolute atomic E-state index is 12.4. The molecule has 0 bridgehead atoms. The Labute approximate surface area is 122 Å². The van der Waals surface area contributed by atoms with Gasteiger partial charge in [-0.15, -0.1) is 5.10 Å². The molecular formula is C13H19N3O5. The van der Waals surface area contributed by atoms with Gasteiger partial charge in [0.2, 0.25) is 0 Å². The highest BCUT2D eigenvalue weighted by Crippen LogP contribution is 2.40. The van der Waals surface area contributed by atoms with Gasteiger partial charge in [-0.25, -0.2) is 4.68 Å². The molecule has 0 fully saturated rings. The van der Waals surface area contributed by atoms with Crippen LogP contribution >= 0.6 is 0 Å². The molecule has 1 aliphatic heterocycles. The molecule has 1 unspecified atom stereocenters. The van der Waals surface area contributed by atoms with Gasteiger partial charge in [-0.05, 0) is 13.8 Å². The Bertz CT molecular complexity index is 510. The van der Waals surface area contributed by atoms with Crippen molar-refractivity contribution in [3.63, 3.8) is 0 Å². The second-order valence-electron chi connectivity index (χ2n) is 4.76. The number of carbonyl (C=O) groups excluding carboxylic acids is 2. The van der Waals surface area contributed by atoms with Crippen molar-refractivity contribution in [1.29, 1.82) is 0 Å². The molecule has 0 amide bonds. The second-order valence-corrected chi connectivity index (χ2v) is 4.76. The van der Waals surface area contributed by atoms with Crippen molar-refractivity contribution in [3.8, 4) is 0 Å². The largest absolute Gasteiger partial charge is 0.465 e. The van der Waals surface area contributed by atoms with E-state index in [-0.39, 0.29) is 26.1 Å². The maximum atomic E-state index is 12.4. The summed E-state index contributed by atoms with van der Waals surface area (Å²) in [6.07, 6.45) is 1.19. The van der Waals surface area contributed by atoms with E-state index >= 15 is 0 Å². The molecule has 0 radical (unpaired) electrons. The molecular weight excluding hydrogens is 278 g/mol. The molecule has 21 heavy (non-hydrogen) atoms. The normalized spacial score (nSPS) is 19.7. The van der Waals surface area contributed by atoms with E-state index in [4.69, 9.17) is 14.2 Å². The summed E-state index contributed by atoms with van der Waals surface area (Å²) < 4.78 is 17.1. The number of aromatic nitrogens is 3. The van der Waals surface area contributed by atoms with E-state index in [1.54, 1.807) is 18.5 Å². The summed E-state index contributed by atoms with van der Waals surface area (Å²) in [6.45, 7) is 3.77. The Morgan fingerprint density at radius 1 is 1.33 bits per heavy atom. The average Bonchev–Trinajstić information content (AvgIpc) is 2.94. The van der Waals surface area contributed by atoms with E-state index in [0.717, 1.165) is 0 Å². The Kier molecular flexibility index (Phi) is 4.56. The first kappa shape index (κ1) is 15.4. The van der Waals surface area contributed by atoms with Gasteiger partial charge in [0.25, 0.3) is 0 Å². The maximum Gasteiger partial charge on any atom is 0.324 e. The molecule has 0 N–H and O–H groups in total. The van der Waals surface area contributed by atoms with Crippen molar-refractivity contribution in [2.24, 2.45) is 5.41 Å². The lowest BCUT2D eigenvalue weighted by Crippen LogP contribution is -2.49. The lowest BCUT2D eigenvalue weighted by atomic mass is 9.77. The van der Waals surface area contributed by atoms with Gasteiger partial charge in [0.1, 0.15) is 0 Å². The lowest BCUT2D eigenvalue weighted by Gasteiger charge is -2.36. The van der Waals surface area contributed by atoms with E-state index in [1.165, 1.54) is 13.3 Å². The van der Waals surface area contributed by atoms with Crippen LogP contribution in [0.15, 0.2) is 6.20 Å². The first-order valence-electron chi connectivity index (χ1n) is 6.85. The van der Waals surface area contributed by atoms with E-state index in [9.17, 15) is 9.59 Å². The van der Waals surface area contributed by atoms with Crippen molar-refractivity contribution < 1.29 is 23.8 Å². The van der Waals surface area contributed by atoms with E-state index in [0.29, 0.717) is 5.69 Å². The van der Waals surface area contributed by atoms with Gasteiger partial charge in [-0.1, -0.05) is 5.21 Å². The number of methoxy groups -OCH3 is 1. The summed E-state index contributed by atoms with van der Waals surface area (Å²) in [5.74, 6) is -1.20. The van der Waals surface area contributed by atoms with Crippen LogP contribution in [0.2, 0.25) is 0 Å². The minimum absolute atomic E-state index is 0.109. The Morgan fingerprint density at radius 3 is 2.48 bits per heavy atom. The first-order valence-corrected chi connectivity index (χ1v) is 6.85. The van der Waals surface area contributed by atoms with Crippen LogP contribution in [0.5, 0.6) is 0 Å². The molecule has 1 aliphatic rings. The zero-order valence-electron chi connectivity index (χ0n) is 12.4. The van der Waals surface area contributed by atoms with E-state index in [1.807, 2.05) is 0 Å². The van der Waals surface area contributed by atoms with Crippen molar-refractivity contribution >= 4 is 11.9 Å². The lowest BCUT2D eigenvalue weighted by molar-refractivity contribution is -0.179. The van der Waals surface area contributed by atoms with E-state index < -0.39 is 23.6 Å². The molecule has 1 aromatic rings. The summed E-state index contributed by atoms with van der Waals surface area (Å²) in [6, 6.07) is 0. The predicted molar refractivity (Wildman–Crippen MR) is 70.1 cm³/mol. The van der Waals surface area contributed by atoms with Crippen molar-refractivity contribution in [2.45, 2.75) is 32.9 Å². The molecule has 116 valence electrons. The minimum Gasteiger partial charge on any atom is -0.465 e. The number of fused-ring (bicyclic) bond motifs is 1. The average molecular weight is 297 g/mol. The predicted octanol–water partition coefficient (Wildman–Crippen LogP) is 0.482. The van der Waals surface area contributed by atoms with Gasteiger partial charge in [0.15, 0.2) is 11.6 Å². The van der Waals surface area contributed by atoms with Crippen LogP contribution in [-0.4, -0.2) is 47.3 Å². The molecule has 2 rings (SSSR count). The molecule has 8 heteroatoms. The van der Waals surface area contributed by atoms with Crippen LogP contribution in [0, 0.1) is 5.41 Å². The van der Waals surface area contributed by atoms with Gasteiger partial charge in [-0.3, -0.25) is 9.59 Å². The summed E-state index contributed by atoms with van der Waals surface area (Å²) in [5, 5.41) is 7.73. The van der Waals surface area contributed by atoms with Crippen LogP contribution in [0.3, 0.4) is 0 Å². The van der Waals surface area contributed by atoms with Crippen LogP contribution < -0.4 is 0 Å². The highest BCUT2D eigenvalue weighted by molar-refractivity contribution is 6.00. The van der Waals surface area contributed by atoms with Crippen LogP contribution in [0.1, 0.15) is 32.2 Å². The number of nitrogens with zero attached hydrogens (tertiary/aromatic N) is 3. The van der Waals surface area contributed by atoms with Gasteiger partial charge in [0, 0.05) is 20.0 Å². The Balaban J connectivity index is 2.42. The molecule has 8 nitrogen and oxygen atoms in total. The van der Waals surface area contributed by atoms with Crippen LogP contribution in [0.25, 0.3) is 0 Å². The van der Waals surface area contributed by atoms with Crippen molar-refractivity contribution in [2.75, 3.05) is 20.3 Å². The quantitative estimate of drug-likeness (QED) is 0.576. The van der Waals surface area contributed by atoms with Gasteiger partial charge in [0.05, 0.1) is 25.1 Å². The third-order valence-electron chi connectivity index (χ3n) is 3.53. The first-order chi connectivity index (χ1) is 10.1. The molecule has 0 aliphatic carbocycles. The standard InChI is InChI=1S/C13H19N3O5/c1-4-20-11(17)13(12(18)21-5-2)6-9-8-14-15-16(9)10(7-13)19-3/h8,10H,4-7H2,1-3H3. The topological polar surface area (TPSA) is 92.5 Å². The molecule has 0 saturated carbocycles. The molecule has 0 aromatic carbocycles. The zero-order valence-corrected chi connectivity index (χ0v) is 12.4. The molecule has 2 heterocycles. The minimum atomic E-state index is -1.41. The third-order valence-corrected chi connectivity index (χ3v) is 3.53. The number of esters is 2. The number of rotatable bonds is 5. The summed E-state index contributed by atoms with van der Waals surface area (Å²) in [7, 11) is 1.49. The Morgan fingerprint density at radius 2 is 1.95 bits per heavy atom. The highest BCUT2D eigenvalue weighted by atomic mass is 16.6. The van der Waals surface area contributed by atoms with Crippen LogP contribution in [0.4, 0.5) is 0 Å². The number of hydrogen-bond acceptors (Lipinski definition) is 7. The summed E-state index contributed by atoms with van der Waals surface area (Å²) in [4.78, 5) is 24.8. The fraction of sp³-hybridized carbons (Fsp3) is 0.692. The number of ether oxygens (including phenoxy) is 3. The Hall–Kier alpha value is -1.96. The van der Waals surface area contributed by atoms with Gasteiger partial charge in [-0.2, -0.15) is 0 Å². The van der Waals surface area contributed by atoms with Crippen molar-refractivity contribution in [1.82, 2.24) is 15.0 Å². The monoisotopic (exact) mass is 297 g/mol. The van der Waals surface area contributed by atoms with E-state index in [2.05, 4.69) is 10.3 Å². The number of hydrogen-bond donors (Lipinski definition) is 0. The smallest absolute Gasteiger partial charge is 0.324 e. The van der Waals surface area contributed by atoms with Gasteiger partial charge >= 0.3 is 11.9 Å². The fourth-order valence-electron chi connectivity index (χ4n) is 2.52. The summed E-state index contributed by atoms with van der Waals surface area (Å²) >= 11 is 0. The highest BCUT2D eigenvalue weighted by Gasteiger charge is 2.54. The molecule has 0 spiro atoms. The summed E-state index contributed by atoms with van der Waals surface area (Å²) in [5.41, 5.74) is -0.779. The van der Waals surface area contributed by atoms with Crippen molar-refractivity contribution in [3.05, 3.63) is 11.9 Å². The number of carbonyl (C=O) groups is 2. The van der Waals surface area contributed by atoms with Crippen LogP contribution in [-0.2, 0) is 30.2 Å². The third kappa shape index (κ3) is 2.63.